The zero-order valence-electron chi connectivity index (χ0n) is 8.46. The van der Waals surface area contributed by atoms with E-state index in [9.17, 15) is 21.6 Å². The first-order valence-electron chi connectivity index (χ1n) is 4.50. The van der Waals surface area contributed by atoms with E-state index in [2.05, 4.69) is 4.72 Å². The molecule has 0 fully saturated rings. The van der Waals surface area contributed by atoms with Gasteiger partial charge >= 0.3 is 6.18 Å². The van der Waals surface area contributed by atoms with Crippen LogP contribution in [0.4, 0.5) is 13.2 Å². The van der Waals surface area contributed by atoms with Crippen LogP contribution in [0, 0.1) is 0 Å². The third-order valence-electron chi connectivity index (χ3n) is 1.88. The molecule has 0 saturated carbocycles. The molecule has 0 saturated heterocycles. The van der Waals surface area contributed by atoms with Gasteiger partial charge in [-0.05, 0) is 24.3 Å². The maximum absolute atomic E-state index is 12.2. The molecule has 1 rings (SSSR count). The molecule has 0 bridgehead atoms. The topological polar surface area (TPSA) is 46.2 Å². The lowest BCUT2D eigenvalue weighted by atomic mass is 10.2. The van der Waals surface area contributed by atoms with Crippen LogP contribution in [0.15, 0.2) is 29.2 Å². The van der Waals surface area contributed by atoms with Crippen molar-refractivity contribution in [1.29, 1.82) is 0 Å². The molecule has 3 nitrogen and oxygen atoms in total. The van der Waals surface area contributed by atoms with Crippen molar-refractivity contribution in [3.8, 4) is 0 Å². The average molecular weight is 288 g/mol. The zero-order chi connectivity index (χ0) is 13.1. The molecule has 0 aromatic heterocycles. The van der Waals surface area contributed by atoms with Crippen LogP contribution in [0.3, 0.4) is 0 Å². The Morgan fingerprint density at radius 1 is 1.18 bits per heavy atom. The number of rotatable bonds is 4. The largest absolute Gasteiger partial charge is 0.416 e. The minimum absolute atomic E-state index is 0.0188. The van der Waals surface area contributed by atoms with Crippen LogP contribution in [0.25, 0.3) is 0 Å². The van der Waals surface area contributed by atoms with Crippen LogP contribution >= 0.6 is 11.6 Å². The highest BCUT2D eigenvalue weighted by Crippen LogP contribution is 2.29. The van der Waals surface area contributed by atoms with E-state index in [1.54, 1.807) is 0 Å². The first kappa shape index (κ1) is 14.3. The van der Waals surface area contributed by atoms with Gasteiger partial charge in [-0.15, -0.1) is 11.6 Å². The standard InChI is InChI=1S/C9H9ClF3NO2S/c10-5-6-14-17(15,16)8-3-1-7(2-4-8)9(11,12)13/h1-4,14H,5-6H2. The number of sulfonamides is 1. The maximum atomic E-state index is 12.2. The molecule has 0 amide bonds. The van der Waals surface area contributed by atoms with E-state index < -0.39 is 21.8 Å². The molecule has 8 heteroatoms. The number of hydrogen-bond donors (Lipinski definition) is 1. The molecule has 17 heavy (non-hydrogen) atoms. The Morgan fingerprint density at radius 2 is 1.71 bits per heavy atom. The smallest absolute Gasteiger partial charge is 0.210 e. The number of nitrogens with one attached hydrogen (secondary N) is 1. The van der Waals surface area contributed by atoms with Crippen LogP contribution < -0.4 is 4.72 Å². The van der Waals surface area contributed by atoms with Gasteiger partial charge < -0.3 is 0 Å². The van der Waals surface area contributed by atoms with Crippen LogP contribution in [-0.4, -0.2) is 20.8 Å². The Balaban J connectivity index is 2.95. The summed E-state index contributed by atoms with van der Waals surface area (Å²) in [6.07, 6.45) is -4.48. The molecule has 0 unspecified atom stereocenters. The number of benzene rings is 1. The molecular weight excluding hydrogens is 279 g/mol. The predicted octanol–water partition coefficient (Wildman–Crippen LogP) is 2.22. The van der Waals surface area contributed by atoms with Crippen molar-refractivity contribution in [3.05, 3.63) is 29.8 Å². The average Bonchev–Trinajstić information content (AvgIpc) is 2.25. The molecule has 96 valence electrons. The fraction of sp³-hybridized carbons (Fsp3) is 0.333. The highest BCUT2D eigenvalue weighted by atomic mass is 35.5. The quantitative estimate of drug-likeness (QED) is 0.863. The zero-order valence-corrected chi connectivity index (χ0v) is 10.0. The molecule has 0 spiro atoms. The van der Waals surface area contributed by atoms with Crippen LogP contribution in [0.2, 0.25) is 0 Å². The number of halogens is 4. The van der Waals surface area contributed by atoms with Gasteiger partial charge in [0.1, 0.15) is 0 Å². The normalized spacial score (nSPS) is 12.7. The fourth-order valence-electron chi connectivity index (χ4n) is 1.08. The third kappa shape index (κ3) is 3.86. The van der Waals surface area contributed by atoms with E-state index >= 15 is 0 Å². The Kier molecular flexibility index (Phi) is 4.40. The van der Waals surface area contributed by atoms with Gasteiger partial charge in [0.2, 0.25) is 10.0 Å². The lowest BCUT2D eigenvalue weighted by molar-refractivity contribution is -0.137. The van der Waals surface area contributed by atoms with Gasteiger partial charge in [0, 0.05) is 12.4 Å². The van der Waals surface area contributed by atoms with Crippen LogP contribution in [-0.2, 0) is 16.2 Å². The molecule has 0 atom stereocenters. The van der Waals surface area contributed by atoms with Gasteiger partial charge in [0.25, 0.3) is 0 Å². The van der Waals surface area contributed by atoms with Gasteiger partial charge in [0.15, 0.2) is 0 Å². The molecule has 0 aliphatic rings. The van der Waals surface area contributed by atoms with Crippen LogP contribution in [0.1, 0.15) is 5.56 Å². The molecule has 0 radical (unpaired) electrons. The summed E-state index contributed by atoms with van der Waals surface area (Å²) in [5.41, 5.74) is -0.895. The summed E-state index contributed by atoms with van der Waals surface area (Å²) in [6, 6.07) is 3.24. The lowest BCUT2D eigenvalue weighted by Gasteiger charge is -2.08. The second-order valence-corrected chi connectivity index (χ2v) is 5.25. The van der Waals surface area contributed by atoms with Crippen molar-refractivity contribution in [2.45, 2.75) is 11.1 Å². The van der Waals surface area contributed by atoms with Crippen molar-refractivity contribution in [2.75, 3.05) is 12.4 Å². The van der Waals surface area contributed by atoms with E-state index in [-0.39, 0.29) is 17.3 Å². The summed E-state index contributed by atoms with van der Waals surface area (Å²) in [6.45, 7) is 0.0188. The minimum atomic E-state index is -4.48. The van der Waals surface area contributed by atoms with Crippen molar-refractivity contribution in [2.24, 2.45) is 0 Å². The Hall–Kier alpha value is -0.790. The van der Waals surface area contributed by atoms with E-state index in [1.807, 2.05) is 0 Å². The van der Waals surface area contributed by atoms with Gasteiger partial charge in [-0.2, -0.15) is 13.2 Å². The summed E-state index contributed by atoms with van der Waals surface area (Å²) >= 11 is 5.30. The second kappa shape index (κ2) is 5.24. The second-order valence-electron chi connectivity index (χ2n) is 3.11. The minimum Gasteiger partial charge on any atom is -0.210 e. The summed E-state index contributed by atoms with van der Waals surface area (Å²) in [5, 5.41) is 0. The number of hydrogen-bond acceptors (Lipinski definition) is 2. The molecule has 0 heterocycles. The van der Waals surface area contributed by atoms with Gasteiger partial charge in [-0.25, -0.2) is 13.1 Å². The van der Waals surface area contributed by atoms with Crippen molar-refractivity contribution in [3.63, 3.8) is 0 Å². The molecule has 0 aliphatic carbocycles. The van der Waals surface area contributed by atoms with Crippen LogP contribution in [0.5, 0.6) is 0 Å². The molecule has 1 N–H and O–H groups in total. The third-order valence-corrected chi connectivity index (χ3v) is 3.54. The summed E-state index contributed by atoms with van der Waals surface area (Å²) in [4.78, 5) is -0.226. The predicted molar refractivity (Wildman–Crippen MR) is 57.4 cm³/mol. The van der Waals surface area contributed by atoms with Crippen molar-refractivity contribution >= 4 is 21.6 Å². The fourth-order valence-corrected chi connectivity index (χ4v) is 2.32. The number of alkyl halides is 4. The SMILES string of the molecule is O=S(=O)(NCCCl)c1ccc(C(F)(F)F)cc1. The summed E-state index contributed by atoms with van der Waals surface area (Å²) < 4.78 is 61.9. The Bertz CT molecular complexity index is 470. The van der Waals surface area contributed by atoms with E-state index in [0.29, 0.717) is 0 Å². The van der Waals surface area contributed by atoms with E-state index in [4.69, 9.17) is 11.6 Å². The lowest BCUT2D eigenvalue weighted by Crippen LogP contribution is -2.25. The summed E-state index contributed by atoms with van der Waals surface area (Å²) in [7, 11) is -3.79. The van der Waals surface area contributed by atoms with E-state index in [0.717, 1.165) is 24.3 Å². The maximum Gasteiger partial charge on any atom is 0.416 e. The van der Waals surface area contributed by atoms with Gasteiger partial charge in [-0.3, -0.25) is 0 Å². The molecule has 1 aromatic carbocycles. The Labute approximate surface area is 102 Å². The first-order chi connectivity index (χ1) is 7.77. The van der Waals surface area contributed by atoms with E-state index in [1.165, 1.54) is 0 Å². The Morgan fingerprint density at radius 3 is 2.12 bits per heavy atom. The van der Waals surface area contributed by atoms with Gasteiger partial charge in [-0.1, -0.05) is 0 Å². The summed E-state index contributed by atoms with van der Waals surface area (Å²) in [5.74, 6) is 0.0832. The first-order valence-corrected chi connectivity index (χ1v) is 6.52. The molecule has 0 aliphatic heterocycles. The highest BCUT2D eigenvalue weighted by Gasteiger charge is 2.30. The van der Waals surface area contributed by atoms with Crippen molar-refractivity contribution in [1.82, 2.24) is 4.72 Å². The van der Waals surface area contributed by atoms with Gasteiger partial charge in [0.05, 0.1) is 10.5 Å². The molecule has 1 aromatic rings. The van der Waals surface area contributed by atoms with Crippen molar-refractivity contribution < 1.29 is 21.6 Å². The molecular formula is C9H9ClF3NO2S. The monoisotopic (exact) mass is 287 g/mol. The highest BCUT2D eigenvalue weighted by molar-refractivity contribution is 7.89.